The summed E-state index contributed by atoms with van der Waals surface area (Å²) in [5.74, 6) is 0. The second kappa shape index (κ2) is 19.8. The van der Waals surface area contributed by atoms with Crippen molar-refractivity contribution >= 4 is 10.4 Å². The summed E-state index contributed by atoms with van der Waals surface area (Å²) in [7, 11) is -3.97. The Morgan fingerprint density at radius 2 is 0.889 bits per heavy atom. The molecule has 0 aromatic carbocycles. The predicted molar refractivity (Wildman–Crippen MR) is 115 cm³/mol. The van der Waals surface area contributed by atoms with Gasteiger partial charge < -0.3 is 8.37 Å². The summed E-state index contributed by atoms with van der Waals surface area (Å²) in [4.78, 5) is 0. The van der Waals surface area contributed by atoms with Crippen LogP contribution < -0.4 is 0 Å². The maximum atomic E-state index is 11.6. The van der Waals surface area contributed by atoms with Crippen LogP contribution in [-0.4, -0.2) is 8.42 Å². The van der Waals surface area contributed by atoms with Crippen LogP contribution in [0.4, 0.5) is 0 Å². The summed E-state index contributed by atoms with van der Waals surface area (Å²) in [6, 6.07) is 0. The highest BCUT2D eigenvalue weighted by Crippen LogP contribution is 2.10. The first-order valence-electron chi connectivity index (χ1n) is 11.0. The Labute approximate surface area is 168 Å². The monoisotopic (exact) mass is 402 g/mol. The second-order valence-electron chi connectivity index (χ2n) is 7.16. The minimum atomic E-state index is -3.97. The number of unbranched alkanes of at least 4 members (excludes halogenated alkanes) is 14. The fourth-order valence-corrected chi connectivity index (χ4v) is 3.29. The molecule has 0 saturated heterocycles. The molecule has 0 bridgehead atoms. The van der Waals surface area contributed by atoms with E-state index in [1.807, 2.05) is 0 Å². The molecule has 27 heavy (non-hydrogen) atoms. The molecule has 4 nitrogen and oxygen atoms in total. The van der Waals surface area contributed by atoms with Crippen LogP contribution in [0.1, 0.15) is 117 Å². The largest absolute Gasteiger partial charge is 0.499 e. The number of hydrogen-bond donors (Lipinski definition) is 0. The Balaban J connectivity index is 3.56. The van der Waals surface area contributed by atoms with Gasteiger partial charge in [0.05, 0.1) is 0 Å². The third kappa shape index (κ3) is 21.2. The van der Waals surface area contributed by atoms with Gasteiger partial charge in [-0.05, 0) is 37.8 Å². The quantitative estimate of drug-likeness (QED) is 0.156. The molecular weight excluding hydrogens is 360 g/mol. The van der Waals surface area contributed by atoms with E-state index in [1.54, 1.807) is 12.2 Å². The molecular formula is C22H42O4S. The highest BCUT2D eigenvalue weighted by Gasteiger charge is 2.07. The average Bonchev–Trinajstić information content (AvgIpc) is 2.64. The maximum Gasteiger partial charge on any atom is 0.499 e. The average molecular weight is 403 g/mol. The van der Waals surface area contributed by atoms with Gasteiger partial charge in [0.2, 0.25) is 0 Å². The van der Waals surface area contributed by atoms with E-state index in [0.29, 0.717) is 0 Å². The van der Waals surface area contributed by atoms with Gasteiger partial charge in [0, 0.05) is 0 Å². The van der Waals surface area contributed by atoms with Crippen LogP contribution in [0.5, 0.6) is 0 Å². The highest BCUT2D eigenvalue weighted by molar-refractivity contribution is 7.82. The van der Waals surface area contributed by atoms with Crippen molar-refractivity contribution in [1.29, 1.82) is 0 Å². The molecule has 0 aliphatic carbocycles. The molecule has 0 atom stereocenters. The first-order chi connectivity index (χ1) is 13.1. The lowest BCUT2D eigenvalue weighted by atomic mass is 10.1. The zero-order valence-electron chi connectivity index (χ0n) is 17.7. The molecule has 0 aromatic rings. The van der Waals surface area contributed by atoms with Crippen molar-refractivity contribution < 1.29 is 16.8 Å². The van der Waals surface area contributed by atoms with Gasteiger partial charge in [-0.1, -0.05) is 90.9 Å². The van der Waals surface area contributed by atoms with Gasteiger partial charge in [-0.15, -0.1) is 8.42 Å². The van der Waals surface area contributed by atoms with E-state index in [4.69, 9.17) is 0 Å². The topological polar surface area (TPSA) is 52.6 Å². The van der Waals surface area contributed by atoms with Crippen LogP contribution in [0.15, 0.2) is 24.7 Å². The fraction of sp³-hybridized carbons (Fsp3) is 0.818. The zero-order valence-corrected chi connectivity index (χ0v) is 18.5. The standard InChI is InChI=1S/C22H42O4S/c1-3-5-7-9-11-13-15-17-19-21-25-27(23,24)26-22-20-18-16-14-12-10-8-6-4-2/h19-22H,3-18H2,1-2H3/b21-19+,22-20+. The molecule has 0 heterocycles. The van der Waals surface area contributed by atoms with Gasteiger partial charge in [-0.2, -0.15) is 0 Å². The zero-order chi connectivity index (χ0) is 20.1. The van der Waals surface area contributed by atoms with E-state index in [1.165, 1.54) is 89.6 Å². The van der Waals surface area contributed by atoms with E-state index in [2.05, 4.69) is 22.2 Å². The molecule has 0 spiro atoms. The van der Waals surface area contributed by atoms with Crippen molar-refractivity contribution in [3.63, 3.8) is 0 Å². The minimum Gasteiger partial charge on any atom is -0.361 e. The van der Waals surface area contributed by atoms with E-state index in [9.17, 15) is 8.42 Å². The molecule has 0 aliphatic heterocycles. The van der Waals surface area contributed by atoms with Crippen molar-refractivity contribution in [2.24, 2.45) is 0 Å². The lowest BCUT2D eigenvalue weighted by molar-refractivity contribution is 0.334. The lowest BCUT2D eigenvalue weighted by Gasteiger charge is -2.01. The second-order valence-corrected chi connectivity index (χ2v) is 8.37. The summed E-state index contributed by atoms with van der Waals surface area (Å²) in [6.45, 7) is 4.43. The SMILES string of the molecule is CCCCCCCCC/C=C/OS(=O)(=O)O/C=C/CCCCCCCCC. The van der Waals surface area contributed by atoms with Crippen LogP contribution >= 0.6 is 0 Å². The van der Waals surface area contributed by atoms with E-state index >= 15 is 0 Å². The van der Waals surface area contributed by atoms with Gasteiger partial charge in [-0.3, -0.25) is 0 Å². The molecule has 0 unspecified atom stereocenters. The number of hydrogen-bond acceptors (Lipinski definition) is 4. The van der Waals surface area contributed by atoms with Crippen LogP contribution in [0.25, 0.3) is 0 Å². The maximum absolute atomic E-state index is 11.6. The Bertz CT molecular complexity index is 419. The highest BCUT2D eigenvalue weighted by atomic mass is 32.3. The van der Waals surface area contributed by atoms with Crippen molar-refractivity contribution in [2.75, 3.05) is 0 Å². The summed E-state index contributed by atoms with van der Waals surface area (Å²) >= 11 is 0. The number of allylic oxidation sites excluding steroid dienone is 2. The normalized spacial score (nSPS) is 12.2. The molecule has 0 saturated carbocycles. The summed E-state index contributed by atoms with van der Waals surface area (Å²) in [6.07, 6.45) is 25.0. The number of rotatable bonds is 20. The van der Waals surface area contributed by atoms with Gasteiger partial charge in [0.15, 0.2) is 0 Å². The van der Waals surface area contributed by atoms with Gasteiger partial charge >= 0.3 is 10.4 Å². The molecule has 160 valence electrons. The molecule has 0 aliphatic rings. The molecule has 0 fully saturated rings. The third-order valence-electron chi connectivity index (χ3n) is 4.49. The van der Waals surface area contributed by atoms with Crippen LogP contribution in [-0.2, 0) is 18.8 Å². The van der Waals surface area contributed by atoms with Crippen molar-refractivity contribution in [3.05, 3.63) is 24.7 Å². The lowest BCUT2D eigenvalue weighted by Crippen LogP contribution is -2.02. The summed E-state index contributed by atoms with van der Waals surface area (Å²) in [5.41, 5.74) is 0. The van der Waals surface area contributed by atoms with Crippen LogP contribution in [0.3, 0.4) is 0 Å². The molecule has 0 rings (SSSR count). The third-order valence-corrected chi connectivity index (χ3v) is 5.18. The Kier molecular flexibility index (Phi) is 19.1. The Morgan fingerprint density at radius 1 is 0.556 bits per heavy atom. The smallest absolute Gasteiger partial charge is 0.361 e. The first kappa shape index (κ1) is 26.0. The van der Waals surface area contributed by atoms with Crippen LogP contribution in [0.2, 0.25) is 0 Å². The first-order valence-corrected chi connectivity index (χ1v) is 12.4. The van der Waals surface area contributed by atoms with E-state index < -0.39 is 10.4 Å². The Morgan fingerprint density at radius 3 is 1.26 bits per heavy atom. The van der Waals surface area contributed by atoms with Gasteiger partial charge in [-0.25, -0.2) is 0 Å². The summed E-state index contributed by atoms with van der Waals surface area (Å²) < 4.78 is 32.5. The Hall–Kier alpha value is -0.970. The van der Waals surface area contributed by atoms with Crippen molar-refractivity contribution in [2.45, 2.75) is 117 Å². The van der Waals surface area contributed by atoms with Crippen LogP contribution in [0, 0.1) is 0 Å². The van der Waals surface area contributed by atoms with Gasteiger partial charge in [0.25, 0.3) is 0 Å². The molecule has 0 radical (unpaired) electrons. The van der Waals surface area contributed by atoms with E-state index in [0.717, 1.165) is 25.7 Å². The van der Waals surface area contributed by atoms with Crippen molar-refractivity contribution in [1.82, 2.24) is 0 Å². The molecule has 0 N–H and O–H groups in total. The van der Waals surface area contributed by atoms with Gasteiger partial charge in [0.1, 0.15) is 12.5 Å². The molecule has 0 aromatic heterocycles. The molecule has 0 amide bonds. The predicted octanol–water partition coefficient (Wildman–Crippen LogP) is 7.57. The molecule has 5 heteroatoms. The minimum absolute atomic E-state index is 0.831. The fourth-order valence-electron chi connectivity index (χ4n) is 2.81. The van der Waals surface area contributed by atoms with Crippen molar-refractivity contribution in [3.8, 4) is 0 Å². The van der Waals surface area contributed by atoms with E-state index in [-0.39, 0.29) is 0 Å². The summed E-state index contributed by atoms with van der Waals surface area (Å²) in [5, 5.41) is 0.